The highest BCUT2D eigenvalue weighted by Gasteiger charge is 2.13. The summed E-state index contributed by atoms with van der Waals surface area (Å²) in [6.07, 6.45) is 0.0929. The van der Waals surface area contributed by atoms with Crippen LogP contribution < -0.4 is 0 Å². The Labute approximate surface area is 126 Å². The second-order valence-electron chi connectivity index (χ2n) is 4.33. The molecule has 18 heavy (non-hydrogen) atoms. The van der Waals surface area contributed by atoms with E-state index < -0.39 is 6.10 Å². The molecule has 1 N–H and O–H groups in total. The van der Waals surface area contributed by atoms with E-state index in [1.165, 1.54) is 5.56 Å². The summed E-state index contributed by atoms with van der Waals surface area (Å²) >= 11 is 8.23. The van der Waals surface area contributed by atoms with Crippen molar-refractivity contribution in [2.24, 2.45) is 0 Å². The van der Waals surface area contributed by atoms with Gasteiger partial charge in [-0.05, 0) is 58.3 Å². The average Bonchev–Trinajstić information content (AvgIpc) is 2.32. The molecule has 1 atom stereocenters. The third kappa shape index (κ3) is 3.25. The maximum atomic E-state index is 10.3. The maximum absolute atomic E-state index is 10.3. The van der Waals surface area contributed by atoms with Crippen LogP contribution in [0.4, 0.5) is 0 Å². The summed E-state index contributed by atoms with van der Waals surface area (Å²) in [6, 6.07) is 13.6. The van der Waals surface area contributed by atoms with Gasteiger partial charge in [-0.1, -0.05) is 41.9 Å². The summed E-state index contributed by atoms with van der Waals surface area (Å²) in [5.41, 5.74) is 3.22. The number of benzene rings is 2. The third-order valence-corrected chi connectivity index (χ3v) is 4.61. The molecule has 0 heterocycles. The minimum Gasteiger partial charge on any atom is -0.388 e. The fraction of sp³-hybridized carbons (Fsp3) is 0.200. The van der Waals surface area contributed by atoms with Crippen LogP contribution in [-0.4, -0.2) is 5.11 Å². The van der Waals surface area contributed by atoms with Gasteiger partial charge in [-0.15, -0.1) is 0 Å². The molecule has 0 saturated heterocycles. The van der Waals surface area contributed by atoms with Crippen molar-refractivity contribution < 1.29 is 5.11 Å². The van der Waals surface area contributed by atoms with Crippen molar-refractivity contribution in [3.8, 4) is 0 Å². The zero-order chi connectivity index (χ0) is 13.1. The summed E-state index contributed by atoms with van der Waals surface area (Å²) in [5.74, 6) is 0. The molecule has 0 aromatic heterocycles. The van der Waals surface area contributed by atoms with Gasteiger partial charge in [-0.25, -0.2) is 0 Å². The number of aliphatic hydroxyl groups is 1. The van der Waals surface area contributed by atoms with Gasteiger partial charge in [0, 0.05) is 15.0 Å². The van der Waals surface area contributed by atoms with E-state index in [-0.39, 0.29) is 0 Å². The highest BCUT2D eigenvalue weighted by Crippen LogP contribution is 2.26. The zero-order valence-corrected chi connectivity index (χ0v) is 12.9. The Morgan fingerprint density at radius 1 is 1.22 bits per heavy atom. The lowest BCUT2D eigenvalue weighted by molar-refractivity contribution is 0.177. The molecule has 2 rings (SSSR count). The van der Waals surface area contributed by atoms with E-state index in [1.54, 1.807) is 0 Å². The smallest absolute Gasteiger partial charge is 0.0840 e. The molecule has 0 radical (unpaired) electrons. The van der Waals surface area contributed by atoms with Gasteiger partial charge in [0.2, 0.25) is 0 Å². The molecular formula is C15H14ClIO. The van der Waals surface area contributed by atoms with Gasteiger partial charge in [0.15, 0.2) is 0 Å². The summed E-state index contributed by atoms with van der Waals surface area (Å²) in [7, 11) is 0. The molecule has 0 fully saturated rings. The number of rotatable bonds is 3. The van der Waals surface area contributed by atoms with Crippen molar-refractivity contribution in [1.82, 2.24) is 0 Å². The molecule has 0 aliphatic rings. The summed E-state index contributed by atoms with van der Waals surface area (Å²) in [6.45, 7) is 2.05. The number of aliphatic hydroxyl groups excluding tert-OH is 1. The zero-order valence-electron chi connectivity index (χ0n) is 10.0. The lowest BCUT2D eigenvalue weighted by Gasteiger charge is -2.14. The molecule has 2 aromatic rings. The van der Waals surface area contributed by atoms with Crippen LogP contribution in [0.5, 0.6) is 0 Å². The maximum Gasteiger partial charge on any atom is 0.0840 e. The van der Waals surface area contributed by atoms with E-state index in [9.17, 15) is 5.11 Å². The Hall–Kier alpha value is -0.580. The first-order chi connectivity index (χ1) is 8.58. The van der Waals surface area contributed by atoms with Gasteiger partial charge >= 0.3 is 0 Å². The average molecular weight is 373 g/mol. The summed E-state index contributed by atoms with van der Waals surface area (Å²) in [4.78, 5) is 0. The second kappa shape index (κ2) is 6.04. The van der Waals surface area contributed by atoms with E-state index in [0.717, 1.165) is 14.7 Å². The summed E-state index contributed by atoms with van der Waals surface area (Å²) in [5, 5.41) is 11.0. The van der Waals surface area contributed by atoms with Crippen molar-refractivity contribution in [1.29, 1.82) is 0 Å². The molecule has 3 heteroatoms. The molecular weight excluding hydrogens is 359 g/mol. The topological polar surface area (TPSA) is 20.2 Å². The first-order valence-electron chi connectivity index (χ1n) is 5.75. The van der Waals surface area contributed by atoms with E-state index in [0.29, 0.717) is 11.4 Å². The quantitative estimate of drug-likeness (QED) is 0.785. The number of aryl methyl sites for hydroxylation is 1. The van der Waals surface area contributed by atoms with Crippen molar-refractivity contribution in [3.05, 3.63) is 67.7 Å². The first kappa shape index (κ1) is 13.8. The Morgan fingerprint density at radius 3 is 2.67 bits per heavy atom. The SMILES string of the molecule is Cc1cccc(C(O)Cc2cccc(Cl)c2)c1I. The Bertz CT molecular complexity index is 554. The fourth-order valence-electron chi connectivity index (χ4n) is 1.92. The van der Waals surface area contributed by atoms with Crippen LogP contribution in [0, 0.1) is 10.5 Å². The van der Waals surface area contributed by atoms with Gasteiger partial charge in [-0.3, -0.25) is 0 Å². The van der Waals surface area contributed by atoms with E-state index >= 15 is 0 Å². The second-order valence-corrected chi connectivity index (χ2v) is 5.84. The number of halogens is 2. The predicted octanol–water partition coefficient (Wildman–Crippen LogP) is 4.53. The van der Waals surface area contributed by atoms with Gasteiger partial charge in [0.05, 0.1) is 6.10 Å². The van der Waals surface area contributed by atoms with E-state index in [2.05, 4.69) is 35.6 Å². The minimum absolute atomic E-state index is 0.490. The standard InChI is InChI=1S/C15H14ClIO/c1-10-4-2-7-13(15(10)17)14(18)9-11-5-3-6-12(16)8-11/h2-8,14,18H,9H2,1H3. The van der Waals surface area contributed by atoms with E-state index in [4.69, 9.17) is 11.6 Å². The van der Waals surface area contributed by atoms with Crippen LogP contribution >= 0.6 is 34.2 Å². The largest absolute Gasteiger partial charge is 0.388 e. The van der Waals surface area contributed by atoms with Gasteiger partial charge < -0.3 is 5.11 Å². The van der Waals surface area contributed by atoms with Crippen LogP contribution in [0.25, 0.3) is 0 Å². The number of hydrogen-bond acceptors (Lipinski definition) is 1. The Morgan fingerprint density at radius 2 is 1.94 bits per heavy atom. The predicted molar refractivity (Wildman–Crippen MR) is 84.0 cm³/mol. The van der Waals surface area contributed by atoms with Crippen LogP contribution in [0.2, 0.25) is 5.02 Å². The molecule has 0 bridgehead atoms. The van der Waals surface area contributed by atoms with Crippen LogP contribution in [0.3, 0.4) is 0 Å². The highest BCUT2D eigenvalue weighted by atomic mass is 127. The molecule has 0 amide bonds. The highest BCUT2D eigenvalue weighted by molar-refractivity contribution is 14.1. The fourth-order valence-corrected chi connectivity index (χ4v) is 2.86. The molecule has 94 valence electrons. The van der Waals surface area contributed by atoms with Crippen molar-refractivity contribution >= 4 is 34.2 Å². The normalized spacial score (nSPS) is 12.4. The lowest BCUT2D eigenvalue weighted by atomic mass is 10.0. The van der Waals surface area contributed by atoms with Gasteiger partial charge in [-0.2, -0.15) is 0 Å². The summed E-state index contributed by atoms with van der Waals surface area (Å²) < 4.78 is 1.13. The molecule has 2 aromatic carbocycles. The van der Waals surface area contributed by atoms with Gasteiger partial charge in [0.1, 0.15) is 0 Å². The molecule has 1 nitrogen and oxygen atoms in total. The minimum atomic E-state index is -0.490. The first-order valence-corrected chi connectivity index (χ1v) is 7.21. The van der Waals surface area contributed by atoms with Gasteiger partial charge in [0.25, 0.3) is 0 Å². The molecule has 1 unspecified atom stereocenters. The van der Waals surface area contributed by atoms with Crippen LogP contribution in [0.1, 0.15) is 22.8 Å². The van der Waals surface area contributed by atoms with Crippen molar-refractivity contribution in [2.45, 2.75) is 19.4 Å². The van der Waals surface area contributed by atoms with Crippen molar-refractivity contribution in [3.63, 3.8) is 0 Å². The van der Waals surface area contributed by atoms with Crippen LogP contribution in [-0.2, 0) is 6.42 Å². The molecule has 0 spiro atoms. The lowest BCUT2D eigenvalue weighted by Crippen LogP contribution is -2.04. The van der Waals surface area contributed by atoms with Crippen LogP contribution in [0.15, 0.2) is 42.5 Å². The molecule has 0 saturated carbocycles. The molecule has 0 aliphatic heterocycles. The Balaban J connectivity index is 2.22. The number of hydrogen-bond donors (Lipinski definition) is 1. The van der Waals surface area contributed by atoms with E-state index in [1.807, 2.05) is 36.4 Å². The third-order valence-electron chi connectivity index (χ3n) is 2.90. The Kier molecular flexibility index (Phi) is 4.65. The molecule has 0 aliphatic carbocycles. The van der Waals surface area contributed by atoms with Crippen molar-refractivity contribution in [2.75, 3.05) is 0 Å². The monoisotopic (exact) mass is 372 g/mol.